The van der Waals surface area contributed by atoms with Crippen LogP contribution in [0.25, 0.3) is 22.6 Å². The fourth-order valence-corrected chi connectivity index (χ4v) is 4.22. The van der Waals surface area contributed by atoms with Crippen LogP contribution in [0.4, 0.5) is 19.1 Å². The van der Waals surface area contributed by atoms with Crippen molar-refractivity contribution in [2.75, 3.05) is 12.3 Å². The summed E-state index contributed by atoms with van der Waals surface area (Å²) in [6.45, 7) is -1.41. The monoisotopic (exact) mass is 498 g/mol. The van der Waals surface area contributed by atoms with Crippen molar-refractivity contribution in [2.45, 2.75) is 37.3 Å². The van der Waals surface area contributed by atoms with E-state index in [-0.39, 0.29) is 24.0 Å². The molecule has 36 heavy (non-hydrogen) atoms. The average molecular weight is 498 g/mol. The number of H-pyrrole nitrogens is 1. The maximum Gasteiger partial charge on any atom is 0.405 e. The van der Waals surface area contributed by atoms with Crippen molar-refractivity contribution in [1.82, 2.24) is 35.6 Å². The summed E-state index contributed by atoms with van der Waals surface area (Å²) in [5, 5.41) is 12.6. The quantitative estimate of drug-likeness (QED) is 0.352. The van der Waals surface area contributed by atoms with Gasteiger partial charge in [0.15, 0.2) is 5.82 Å². The van der Waals surface area contributed by atoms with Gasteiger partial charge in [-0.25, -0.2) is 9.97 Å². The third-order valence-corrected chi connectivity index (χ3v) is 6.28. The van der Waals surface area contributed by atoms with Crippen LogP contribution in [0.1, 0.15) is 36.3 Å². The zero-order valence-electron chi connectivity index (χ0n) is 18.8. The maximum absolute atomic E-state index is 12.4. The number of nitrogens with zero attached hydrogens (tertiary/aromatic N) is 5. The molecule has 1 aromatic carbocycles. The first kappa shape index (κ1) is 23.5. The average Bonchev–Trinajstić information content (AvgIpc) is 3.48. The second-order valence-electron chi connectivity index (χ2n) is 8.60. The number of benzene rings is 1. The van der Waals surface area contributed by atoms with Gasteiger partial charge in [-0.2, -0.15) is 23.3 Å². The molecule has 0 unspecified atom stereocenters. The Hall–Kier alpha value is -4.29. The normalized spacial score (nSPS) is 14.9. The summed E-state index contributed by atoms with van der Waals surface area (Å²) in [7, 11) is 0. The molecule has 1 fully saturated rings. The summed E-state index contributed by atoms with van der Waals surface area (Å²) >= 11 is 0. The summed E-state index contributed by atoms with van der Waals surface area (Å²) in [5.41, 5.74) is 8.59. The van der Waals surface area contributed by atoms with Crippen LogP contribution in [-0.2, 0) is 16.6 Å². The molecule has 186 valence electrons. The van der Waals surface area contributed by atoms with Gasteiger partial charge in [0.2, 0.25) is 11.9 Å². The molecule has 1 amide bonds. The second-order valence-corrected chi connectivity index (χ2v) is 8.60. The first-order chi connectivity index (χ1) is 17.2. The lowest BCUT2D eigenvalue weighted by Crippen LogP contribution is -2.36. The molecule has 0 bridgehead atoms. The number of aromatic nitrogens is 6. The number of hydrogen-bond donors (Lipinski definition) is 3. The number of carbonyl (C=O) groups is 1. The number of carbonyl (C=O) groups excluding carboxylic acids is 1. The first-order valence-electron chi connectivity index (χ1n) is 11.1. The Morgan fingerprint density at radius 2 is 1.83 bits per heavy atom. The fraction of sp³-hybridized carbons (Fsp3) is 0.304. The van der Waals surface area contributed by atoms with E-state index >= 15 is 0 Å². The van der Waals surface area contributed by atoms with Gasteiger partial charge >= 0.3 is 6.18 Å². The Morgan fingerprint density at radius 1 is 1.11 bits per heavy atom. The second kappa shape index (κ2) is 9.06. The van der Waals surface area contributed by atoms with Crippen LogP contribution in [0.3, 0.4) is 0 Å². The van der Waals surface area contributed by atoms with Crippen molar-refractivity contribution in [1.29, 1.82) is 0 Å². The standard InChI is InChI=1S/C23H21F3N8O2/c24-23(25,26)12-30-18(35)8-17-16(11-31-33-17)19-32-20(34-36-19)22(6-1-7-22)15-4-2-13(3-5-15)14-9-28-21(27)29-10-14/h2-5,9-11H,1,6-8,12H2,(H,30,35)(H,31,33)(H2,27,28,29). The summed E-state index contributed by atoms with van der Waals surface area (Å²) in [5.74, 6) is 0.0410. The molecule has 3 aromatic heterocycles. The van der Waals surface area contributed by atoms with E-state index in [4.69, 9.17) is 10.3 Å². The number of nitrogen functional groups attached to an aromatic ring is 1. The minimum absolute atomic E-state index is 0.138. The molecule has 0 atom stereocenters. The van der Waals surface area contributed by atoms with E-state index in [1.165, 1.54) is 6.20 Å². The first-order valence-corrected chi connectivity index (χ1v) is 11.1. The van der Waals surface area contributed by atoms with Crippen molar-refractivity contribution in [3.05, 3.63) is 59.9 Å². The van der Waals surface area contributed by atoms with Crippen molar-refractivity contribution in [3.63, 3.8) is 0 Å². The number of rotatable bonds is 7. The van der Waals surface area contributed by atoms with Crippen molar-refractivity contribution < 1.29 is 22.5 Å². The van der Waals surface area contributed by atoms with Gasteiger partial charge in [0.25, 0.3) is 5.89 Å². The number of amides is 1. The Bertz CT molecular complexity index is 1360. The fourth-order valence-electron chi connectivity index (χ4n) is 4.22. The van der Waals surface area contributed by atoms with E-state index in [0.717, 1.165) is 36.0 Å². The van der Waals surface area contributed by atoms with Gasteiger partial charge in [-0.05, 0) is 24.0 Å². The van der Waals surface area contributed by atoms with Crippen LogP contribution in [0, 0.1) is 0 Å². The van der Waals surface area contributed by atoms with Crippen LogP contribution in [0.5, 0.6) is 0 Å². The Kier molecular flexibility index (Phi) is 5.90. The van der Waals surface area contributed by atoms with Crippen molar-refractivity contribution in [3.8, 4) is 22.6 Å². The SMILES string of the molecule is Nc1ncc(-c2ccc(C3(c4noc(-c5cn[nH]c5CC(=O)NCC(F)(F)F)n4)CCC3)cc2)cn1. The molecule has 5 rings (SSSR count). The summed E-state index contributed by atoms with van der Waals surface area (Å²) in [4.78, 5) is 24.6. The van der Waals surface area contributed by atoms with Crippen LogP contribution in [-0.4, -0.2) is 48.9 Å². The van der Waals surface area contributed by atoms with Crippen molar-refractivity contribution in [2.24, 2.45) is 0 Å². The van der Waals surface area contributed by atoms with Gasteiger partial charge in [0, 0.05) is 18.0 Å². The maximum atomic E-state index is 12.4. The lowest BCUT2D eigenvalue weighted by Gasteiger charge is -2.39. The number of aromatic amines is 1. The Morgan fingerprint density at radius 3 is 2.47 bits per heavy atom. The van der Waals surface area contributed by atoms with Gasteiger partial charge in [0.1, 0.15) is 6.54 Å². The molecule has 0 spiro atoms. The molecule has 1 aliphatic rings. The lowest BCUT2D eigenvalue weighted by molar-refractivity contribution is -0.138. The smallest absolute Gasteiger partial charge is 0.368 e. The van der Waals surface area contributed by atoms with E-state index in [9.17, 15) is 18.0 Å². The highest BCUT2D eigenvalue weighted by Gasteiger charge is 2.44. The molecule has 4 aromatic rings. The molecule has 0 aliphatic heterocycles. The minimum atomic E-state index is -4.49. The molecule has 10 nitrogen and oxygen atoms in total. The van der Waals surface area contributed by atoms with E-state index in [1.807, 2.05) is 29.6 Å². The predicted octanol–water partition coefficient (Wildman–Crippen LogP) is 3.19. The molecule has 0 radical (unpaired) electrons. The third-order valence-electron chi connectivity index (χ3n) is 6.28. The van der Waals surface area contributed by atoms with Crippen molar-refractivity contribution >= 4 is 11.9 Å². The van der Waals surface area contributed by atoms with Gasteiger partial charge in [-0.3, -0.25) is 9.89 Å². The van der Waals surface area contributed by atoms with Gasteiger partial charge in [-0.15, -0.1) is 0 Å². The molecule has 1 aliphatic carbocycles. The molecule has 13 heteroatoms. The number of nitrogens with two attached hydrogens (primary N) is 1. The van der Waals surface area contributed by atoms with E-state index in [2.05, 4.69) is 30.3 Å². The molecular formula is C23H21F3N8O2. The number of halogens is 3. The zero-order valence-corrected chi connectivity index (χ0v) is 18.8. The molecule has 4 N–H and O–H groups in total. The van der Waals surface area contributed by atoms with Crippen LogP contribution in [0.2, 0.25) is 0 Å². The van der Waals surface area contributed by atoms with Gasteiger partial charge in [0.05, 0.1) is 29.3 Å². The third kappa shape index (κ3) is 4.63. The Labute approximate surface area is 202 Å². The van der Waals surface area contributed by atoms with Crippen LogP contribution < -0.4 is 11.1 Å². The largest absolute Gasteiger partial charge is 0.405 e. The van der Waals surface area contributed by atoms with E-state index in [1.54, 1.807) is 12.4 Å². The molecular weight excluding hydrogens is 477 g/mol. The highest BCUT2D eigenvalue weighted by Crippen LogP contribution is 2.48. The summed E-state index contributed by atoms with van der Waals surface area (Å²) in [6, 6.07) is 7.96. The van der Waals surface area contributed by atoms with Crippen LogP contribution >= 0.6 is 0 Å². The van der Waals surface area contributed by atoms with E-state index < -0.39 is 24.0 Å². The number of nitrogens with one attached hydrogen (secondary N) is 2. The van der Waals surface area contributed by atoms with E-state index in [0.29, 0.717) is 11.4 Å². The highest BCUT2D eigenvalue weighted by molar-refractivity contribution is 5.80. The number of hydrogen-bond acceptors (Lipinski definition) is 8. The zero-order chi connectivity index (χ0) is 25.3. The number of anilines is 1. The summed E-state index contributed by atoms with van der Waals surface area (Å²) < 4.78 is 42.6. The van der Waals surface area contributed by atoms with Crippen LogP contribution in [0.15, 0.2) is 47.4 Å². The lowest BCUT2D eigenvalue weighted by atomic mass is 9.64. The Balaban J connectivity index is 1.35. The molecule has 3 heterocycles. The number of alkyl halides is 3. The molecule has 1 saturated carbocycles. The highest BCUT2D eigenvalue weighted by atomic mass is 19.4. The minimum Gasteiger partial charge on any atom is -0.368 e. The van der Waals surface area contributed by atoms with Gasteiger partial charge < -0.3 is 15.6 Å². The predicted molar refractivity (Wildman–Crippen MR) is 121 cm³/mol. The summed E-state index contributed by atoms with van der Waals surface area (Å²) in [6.07, 6.45) is 2.54. The molecule has 0 saturated heterocycles. The van der Waals surface area contributed by atoms with Gasteiger partial charge in [-0.1, -0.05) is 35.8 Å². The topological polar surface area (TPSA) is 148 Å².